The number of benzene rings is 9. The van der Waals surface area contributed by atoms with Gasteiger partial charge in [-0.05, 0) is 68.6 Å². The first-order valence-electron chi connectivity index (χ1n) is 19.3. The molecule has 0 N–H and O–H groups in total. The SMILES string of the molecule is c1ccc(-c2ccc3cc(-c4nc(-c5ccc(-c6ccccc6)c(-n6c7ccccc7c7ccccc76)c5)nc(-c5cccc6ccccc56)n4)ccc3c2)cc1. The van der Waals surface area contributed by atoms with Crippen LogP contribution in [0.2, 0.25) is 0 Å². The highest BCUT2D eigenvalue weighted by molar-refractivity contribution is 6.10. The van der Waals surface area contributed by atoms with E-state index in [4.69, 9.17) is 15.0 Å². The third-order valence-corrected chi connectivity index (χ3v) is 11.0. The highest BCUT2D eigenvalue weighted by Gasteiger charge is 2.19. The lowest BCUT2D eigenvalue weighted by molar-refractivity contribution is 1.07. The summed E-state index contributed by atoms with van der Waals surface area (Å²) in [7, 11) is 0. The highest BCUT2D eigenvalue weighted by atomic mass is 15.0. The molecule has 0 unspecified atom stereocenters. The molecule has 2 heterocycles. The molecule has 0 aliphatic carbocycles. The zero-order valence-corrected chi connectivity index (χ0v) is 30.9. The van der Waals surface area contributed by atoms with E-state index in [1.54, 1.807) is 0 Å². The van der Waals surface area contributed by atoms with E-state index in [2.05, 4.69) is 211 Å². The molecule has 0 amide bonds. The molecule has 0 fully saturated rings. The van der Waals surface area contributed by atoms with Crippen LogP contribution < -0.4 is 0 Å². The highest BCUT2D eigenvalue weighted by Crippen LogP contribution is 2.39. The van der Waals surface area contributed by atoms with E-state index in [-0.39, 0.29) is 0 Å². The predicted octanol–water partition coefficient (Wildman–Crippen LogP) is 13.6. The van der Waals surface area contributed by atoms with Crippen LogP contribution >= 0.6 is 0 Å². The first-order chi connectivity index (χ1) is 28.2. The predicted molar refractivity (Wildman–Crippen MR) is 236 cm³/mol. The summed E-state index contributed by atoms with van der Waals surface area (Å²) in [6.07, 6.45) is 0. The summed E-state index contributed by atoms with van der Waals surface area (Å²) < 4.78 is 2.39. The van der Waals surface area contributed by atoms with Crippen molar-refractivity contribution < 1.29 is 0 Å². The number of hydrogen-bond acceptors (Lipinski definition) is 3. The van der Waals surface area contributed by atoms with Crippen LogP contribution in [-0.4, -0.2) is 19.5 Å². The zero-order valence-electron chi connectivity index (χ0n) is 30.9. The summed E-state index contributed by atoms with van der Waals surface area (Å²) in [6.45, 7) is 0. The smallest absolute Gasteiger partial charge is 0.164 e. The molecule has 266 valence electrons. The first kappa shape index (κ1) is 32.7. The summed E-state index contributed by atoms with van der Waals surface area (Å²) in [5, 5.41) is 6.95. The molecule has 0 aliphatic heterocycles. The first-order valence-corrected chi connectivity index (χ1v) is 19.3. The van der Waals surface area contributed by atoms with E-state index in [0.717, 1.165) is 66.1 Å². The fraction of sp³-hybridized carbons (Fsp3) is 0. The molecule has 2 aromatic heterocycles. The lowest BCUT2D eigenvalue weighted by Crippen LogP contribution is -2.02. The van der Waals surface area contributed by atoms with Crippen molar-refractivity contribution in [3.8, 4) is 62.1 Å². The molecule has 0 atom stereocenters. The topological polar surface area (TPSA) is 43.6 Å². The van der Waals surface area contributed by atoms with E-state index >= 15 is 0 Å². The molecule has 57 heavy (non-hydrogen) atoms. The van der Waals surface area contributed by atoms with Crippen molar-refractivity contribution in [3.05, 3.63) is 206 Å². The van der Waals surface area contributed by atoms with E-state index < -0.39 is 0 Å². The maximum atomic E-state index is 5.28. The van der Waals surface area contributed by atoms with Crippen molar-refractivity contribution in [3.63, 3.8) is 0 Å². The van der Waals surface area contributed by atoms with Crippen molar-refractivity contribution in [1.29, 1.82) is 0 Å². The molecule has 0 saturated heterocycles. The van der Waals surface area contributed by atoms with Gasteiger partial charge in [-0.2, -0.15) is 0 Å². The van der Waals surface area contributed by atoms with Gasteiger partial charge >= 0.3 is 0 Å². The molecule has 4 heteroatoms. The molecule has 0 radical (unpaired) electrons. The van der Waals surface area contributed by atoms with Gasteiger partial charge in [-0.1, -0.05) is 176 Å². The maximum absolute atomic E-state index is 5.28. The lowest BCUT2D eigenvalue weighted by Gasteiger charge is -2.16. The van der Waals surface area contributed by atoms with E-state index in [1.165, 1.54) is 21.9 Å². The summed E-state index contributed by atoms with van der Waals surface area (Å²) >= 11 is 0. The Kier molecular flexibility index (Phi) is 7.78. The summed E-state index contributed by atoms with van der Waals surface area (Å²) in [6, 6.07) is 72.9. The van der Waals surface area contributed by atoms with Crippen molar-refractivity contribution in [2.45, 2.75) is 0 Å². The minimum Gasteiger partial charge on any atom is -0.309 e. The maximum Gasteiger partial charge on any atom is 0.164 e. The van der Waals surface area contributed by atoms with Crippen molar-refractivity contribution in [1.82, 2.24) is 19.5 Å². The van der Waals surface area contributed by atoms with Crippen LogP contribution in [0.25, 0.3) is 105 Å². The number of hydrogen-bond donors (Lipinski definition) is 0. The number of rotatable bonds is 6. The number of nitrogens with zero attached hydrogens (tertiary/aromatic N) is 4. The number of fused-ring (bicyclic) bond motifs is 5. The van der Waals surface area contributed by atoms with Gasteiger partial charge in [0.1, 0.15) is 0 Å². The van der Waals surface area contributed by atoms with Crippen LogP contribution in [0.5, 0.6) is 0 Å². The second-order valence-electron chi connectivity index (χ2n) is 14.4. The Morgan fingerprint density at radius 1 is 0.281 bits per heavy atom. The monoisotopic (exact) mass is 726 g/mol. The minimum atomic E-state index is 0.615. The average molecular weight is 727 g/mol. The molecule has 11 aromatic rings. The largest absolute Gasteiger partial charge is 0.309 e. The van der Waals surface area contributed by atoms with Crippen LogP contribution in [0.3, 0.4) is 0 Å². The third kappa shape index (κ3) is 5.74. The molecule has 4 nitrogen and oxygen atoms in total. The Bertz CT molecular complexity index is 3230. The fourth-order valence-electron chi connectivity index (χ4n) is 8.27. The van der Waals surface area contributed by atoms with Gasteiger partial charge in [0, 0.05) is 33.0 Å². The number of aromatic nitrogens is 4. The summed E-state index contributed by atoms with van der Waals surface area (Å²) in [5.41, 5.74) is 10.8. The van der Waals surface area contributed by atoms with Gasteiger partial charge < -0.3 is 4.57 Å². The summed E-state index contributed by atoms with van der Waals surface area (Å²) in [4.78, 5) is 15.8. The number of para-hydroxylation sites is 2. The molecular weight excluding hydrogens is 693 g/mol. The van der Waals surface area contributed by atoms with Gasteiger partial charge in [0.2, 0.25) is 0 Å². The standard InChI is InChI=1S/C53H34N4/c1-3-14-35(15-4-1)38-26-27-40-33-41(29-28-39(40)32-38)51-54-52(56-53(55-51)47-23-13-19-36-18-7-8-20-43(36)47)42-30-31-44(37-16-5-2-6-17-37)50(34-42)57-48-24-11-9-21-45(48)46-22-10-12-25-49(46)57/h1-34H. The minimum absolute atomic E-state index is 0.615. The lowest BCUT2D eigenvalue weighted by atomic mass is 9.99. The van der Waals surface area contributed by atoms with Gasteiger partial charge in [-0.3, -0.25) is 0 Å². The Hall–Kier alpha value is -7.69. The zero-order chi connectivity index (χ0) is 37.7. The van der Waals surface area contributed by atoms with Crippen LogP contribution in [0.1, 0.15) is 0 Å². The van der Waals surface area contributed by atoms with E-state index in [9.17, 15) is 0 Å². The van der Waals surface area contributed by atoms with Crippen molar-refractivity contribution in [2.24, 2.45) is 0 Å². The molecule has 11 rings (SSSR count). The van der Waals surface area contributed by atoms with Gasteiger partial charge in [0.05, 0.1) is 16.7 Å². The average Bonchev–Trinajstić information content (AvgIpc) is 3.63. The fourth-order valence-corrected chi connectivity index (χ4v) is 8.27. The Morgan fingerprint density at radius 3 is 1.49 bits per heavy atom. The second-order valence-corrected chi connectivity index (χ2v) is 14.4. The van der Waals surface area contributed by atoms with Crippen molar-refractivity contribution in [2.75, 3.05) is 0 Å². The van der Waals surface area contributed by atoms with Crippen molar-refractivity contribution >= 4 is 43.4 Å². The van der Waals surface area contributed by atoms with Gasteiger partial charge in [0.15, 0.2) is 17.5 Å². The molecule has 9 aromatic carbocycles. The van der Waals surface area contributed by atoms with E-state index in [1.807, 2.05) is 0 Å². The van der Waals surface area contributed by atoms with Crippen LogP contribution in [0.15, 0.2) is 206 Å². The Balaban J connectivity index is 1.14. The van der Waals surface area contributed by atoms with Crippen LogP contribution in [-0.2, 0) is 0 Å². The third-order valence-electron chi connectivity index (χ3n) is 11.0. The quantitative estimate of drug-likeness (QED) is 0.171. The summed E-state index contributed by atoms with van der Waals surface area (Å²) in [5.74, 6) is 1.88. The molecule has 0 bridgehead atoms. The van der Waals surface area contributed by atoms with Crippen LogP contribution in [0, 0.1) is 0 Å². The molecular formula is C53H34N4. The Morgan fingerprint density at radius 2 is 0.789 bits per heavy atom. The molecule has 0 spiro atoms. The van der Waals surface area contributed by atoms with Gasteiger partial charge in [-0.15, -0.1) is 0 Å². The molecule has 0 saturated carbocycles. The second kappa shape index (κ2) is 13.6. The van der Waals surface area contributed by atoms with Gasteiger partial charge in [0.25, 0.3) is 0 Å². The Labute approximate surface area is 330 Å². The van der Waals surface area contributed by atoms with Gasteiger partial charge in [-0.25, -0.2) is 15.0 Å². The normalized spacial score (nSPS) is 11.5. The molecule has 0 aliphatic rings. The van der Waals surface area contributed by atoms with E-state index in [0.29, 0.717) is 17.5 Å². The van der Waals surface area contributed by atoms with Crippen LogP contribution in [0.4, 0.5) is 0 Å².